The van der Waals surface area contributed by atoms with E-state index in [2.05, 4.69) is 31.0 Å². The number of nitrogens with one attached hydrogen (secondary N) is 1. The highest BCUT2D eigenvalue weighted by atomic mass is 15.1. The number of hydrogen-bond donors (Lipinski definition) is 1. The molecule has 1 N–H and O–H groups in total. The average Bonchev–Trinajstić information content (AvgIpc) is 2.53. The van der Waals surface area contributed by atoms with Gasteiger partial charge in [-0.05, 0) is 57.2 Å². The maximum absolute atomic E-state index is 3.57. The Morgan fingerprint density at radius 2 is 2.00 bits per heavy atom. The van der Waals surface area contributed by atoms with Gasteiger partial charge in [-0.15, -0.1) is 0 Å². The van der Waals surface area contributed by atoms with Gasteiger partial charge in [-0.3, -0.25) is 0 Å². The summed E-state index contributed by atoms with van der Waals surface area (Å²) >= 11 is 0. The SMILES string of the molecule is CCC1CCCN(CCNCCC(C)C)CC1. The van der Waals surface area contributed by atoms with E-state index < -0.39 is 0 Å². The molecule has 0 spiro atoms. The number of nitrogens with zero attached hydrogens (tertiary/aromatic N) is 1. The van der Waals surface area contributed by atoms with Crippen LogP contribution in [-0.4, -0.2) is 37.6 Å². The Hall–Kier alpha value is -0.0800. The van der Waals surface area contributed by atoms with Crippen molar-refractivity contribution in [2.24, 2.45) is 11.8 Å². The lowest BCUT2D eigenvalue weighted by molar-refractivity contribution is 0.278. The second-order valence-electron chi connectivity index (χ2n) is 5.98. The molecule has 0 aliphatic carbocycles. The van der Waals surface area contributed by atoms with Crippen LogP contribution in [0.1, 0.15) is 52.9 Å². The smallest absolute Gasteiger partial charge is 0.0107 e. The molecule has 102 valence electrons. The molecular weight excluding hydrogens is 208 g/mol. The minimum absolute atomic E-state index is 0.825. The highest BCUT2D eigenvalue weighted by Gasteiger charge is 2.14. The molecule has 0 aromatic carbocycles. The van der Waals surface area contributed by atoms with Gasteiger partial charge in [0.15, 0.2) is 0 Å². The van der Waals surface area contributed by atoms with E-state index in [1.165, 1.54) is 64.8 Å². The van der Waals surface area contributed by atoms with Gasteiger partial charge in [-0.25, -0.2) is 0 Å². The number of rotatable bonds is 7. The second kappa shape index (κ2) is 8.93. The molecule has 2 heteroatoms. The van der Waals surface area contributed by atoms with Gasteiger partial charge in [0.1, 0.15) is 0 Å². The summed E-state index contributed by atoms with van der Waals surface area (Å²) in [5.41, 5.74) is 0. The fourth-order valence-corrected chi connectivity index (χ4v) is 2.61. The lowest BCUT2D eigenvalue weighted by Gasteiger charge is -2.20. The fraction of sp³-hybridized carbons (Fsp3) is 1.00. The van der Waals surface area contributed by atoms with Crippen molar-refractivity contribution in [2.45, 2.75) is 52.9 Å². The highest BCUT2D eigenvalue weighted by molar-refractivity contribution is 4.69. The molecule has 1 atom stereocenters. The predicted molar refractivity (Wildman–Crippen MR) is 76.4 cm³/mol. The maximum atomic E-state index is 3.57. The Labute approximate surface area is 108 Å². The van der Waals surface area contributed by atoms with Crippen molar-refractivity contribution in [1.82, 2.24) is 10.2 Å². The van der Waals surface area contributed by atoms with E-state index in [0.717, 1.165) is 11.8 Å². The van der Waals surface area contributed by atoms with E-state index in [4.69, 9.17) is 0 Å². The zero-order chi connectivity index (χ0) is 12.5. The molecular formula is C15H32N2. The van der Waals surface area contributed by atoms with Crippen molar-refractivity contribution in [3.8, 4) is 0 Å². The summed E-state index contributed by atoms with van der Waals surface area (Å²) in [5.74, 6) is 1.82. The van der Waals surface area contributed by atoms with E-state index in [1.54, 1.807) is 0 Å². The van der Waals surface area contributed by atoms with Crippen LogP contribution in [0.25, 0.3) is 0 Å². The molecule has 0 aromatic rings. The topological polar surface area (TPSA) is 15.3 Å². The Morgan fingerprint density at radius 3 is 2.71 bits per heavy atom. The van der Waals surface area contributed by atoms with Crippen LogP contribution >= 0.6 is 0 Å². The molecule has 17 heavy (non-hydrogen) atoms. The first-order valence-corrected chi connectivity index (χ1v) is 7.65. The molecule has 1 fully saturated rings. The van der Waals surface area contributed by atoms with Crippen LogP contribution in [0.3, 0.4) is 0 Å². The maximum Gasteiger partial charge on any atom is 0.0107 e. The Bertz CT molecular complexity index is 180. The van der Waals surface area contributed by atoms with Crippen LogP contribution < -0.4 is 5.32 Å². The molecule has 1 aliphatic heterocycles. The van der Waals surface area contributed by atoms with Crippen LogP contribution in [0.2, 0.25) is 0 Å². The van der Waals surface area contributed by atoms with Gasteiger partial charge in [0.2, 0.25) is 0 Å². The molecule has 0 saturated carbocycles. The van der Waals surface area contributed by atoms with Gasteiger partial charge < -0.3 is 10.2 Å². The first kappa shape index (κ1) is 15.0. The van der Waals surface area contributed by atoms with E-state index in [0.29, 0.717) is 0 Å². The van der Waals surface area contributed by atoms with Gasteiger partial charge in [-0.1, -0.05) is 27.2 Å². The predicted octanol–water partition coefficient (Wildman–Crippen LogP) is 3.13. The van der Waals surface area contributed by atoms with Crippen molar-refractivity contribution in [1.29, 1.82) is 0 Å². The second-order valence-corrected chi connectivity index (χ2v) is 5.98. The molecule has 2 nitrogen and oxygen atoms in total. The van der Waals surface area contributed by atoms with E-state index in [-0.39, 0.29) is 0 Å². The Balaban J connectivity index is 2.03. The molecule has 0 bridgehead atoms. The van der Waals surface area contributed by atoms with Gasteiger partial charge in [0.05, 0.1) is 0 Å². The van der Waals surface area contributed by atoms with Crippen molar-refractivity contribution in [3.63, 3.8) is 0 Å². The zero-order valence-corrected chi connectivity index (χ0v) is 12.2. The molecule has 0 amide bonds. The quantitative estimate of drug-likeness (QED) is 0.688. The largest absolute Gasteiger partial charge is 0.315 e. The van der Waals surface area contributed by atoms with Crippen molar-refractivity contribution >= 4 is 0 Å². The van der Waals surface area contributed by atoms with Crippen molar-refractivity contribution in [3.05, 3.63) is 0 Å². The third-order valence-electron chi connectivity index (χ3n) is 4.02. The molecule has 1 unspecified atom stereocenters. The fourth-order valence-electron chi connectivity index (χ4n) is 2.61. The minimum Gasteiger partial charge on any atom is -0.315 e. The van der Waals surface area contributed by atoms with E-state index in [9.17, 15) is 0 Å². The normalized spacial score (nSPS) is 22.9. The Kier molecular flexibility index (Phi) is 7.87. The van der Waals surface area contributed by atoms with E-state index >= 15 is 0 Å². The van der Waals surface area contributed by atoms with Gasteiger partial charge in [0.25, 0.3) is 0 Å². The van der Waals surface area contributed by atoms with Crippen LogP contribution in [-0.2, 0) is 0 Å². The lowest BCUT2D eigenvalue weighted by atomic mass is 9.98. The first-order chi connectivity index (χ1) is 8.22. The van der Waals surface area contributed by atoms with Crippen LogP contribution in [0.5, 0.6) is 0 Å². The molecule has 1 saturated heterocycles. The number of likely N-dealkylation sites (tertiary alicyclic amines) is 1. The average molecular weight is 240 g/mol. The molecule has 1 heterocycles. The van der Waals surface area contributed by atoms with Crippen LogP contribution in [0.15, 0.2) is 0 Å². The summed E-state index contributed by atoms with van der Waals surface area (Å²) in [6.07, 6.45) is 6.96. The summed E-state index contributed by atoms with van der Waals surface area (Å²) in [7, 11) is 0. The standard InChI is InChI=1S/C15H32N2/c1-4-15-6-5-11-17(12-8-15)13-10-16-9-7-14(2)3/h14-16H,4-13H2,1-3H3. The minimum atomic E-state index is 0.825. The molecule has 1 rings (SSSR count). The van der Waals surface area contributed by atoms with Gasteiger partial charge >= 0.3 is 0 Å². The summed E-state index contributed by atoms with van der Waals surface area (Å²) in [6.45, 7) is 13.2. The number of hydrogen-bond acceptors (Lipinski definition) is 2. The lowest BCUT2D eigenvalue weighted by Crippen LogP contribution is -2.33. The first-order valence-electron chi connectivity index (χ1n) is 7.65. The van der Waals surface area contributed by atoms with Crippen LogP contribution in [0.4, 0.5) is 0 Å². The monoisotopic (exact) mass is 240 g/mol. The van der Waals surface area contributed by atoms with Crippen molar-refractivity contribution in [2.75, 3.05) is 32.7 Å². The van der Waals surface area contributed by atoms with Crippen LogP contribution in [0, 0.1) is 11.8 Å². The van der Waals surface area contributed by atoms with Gasteiger partial charge in [-0.2, -0.15) is 0 Å². The summed E-state index contributed by atoms with van der Waals surface area (Å²) in [5, 5.41) is 3.57. The summed E-state index contributed by atoms with van der Waals surface area (Å²) < 4.78 is 0. The van der Waals surface area contributed by atoms with E-state index in [1.807, 2.05) is 0 Å². The third-order valence-corrected chi connectivity index (χ3v) is 4.02. The zero-order valence-electron chi connectivity index (χ0n) is 12.2. The molecule has 1 aliphatic rings. The highest BCUT2D eigenvalue weighted by Crippen LogP contribution is 2.19. The Morgan fingerprint density at radius 1 is 1.18 bits per heavy atom. The molecule has 0 radical (unpaired) electrons. The van der Waals surface area contributed by atoms with Gasteiger partial charge in [0, 0.05) is 13.1 Å². The summed E-state index contributed by atoms with van der Waals surface area (Å²) in [6, 6.07) is 0. The van der Waals surface area contributed by atoms with Crippen molar-refractivity contribution < 1.29 is 0 Å². The molecule has 0 aromatic heterocycles. The summed E-state index contributed by atoms with van der Waals surface area (Å²) in [4.78, 5) is 2.65. The third kappa shape index (κ3) is 7.05.